The molecule has 0 aliphatic carbocycles. The Balaban J connectivity index is 3.02. The molecule has 0 unspecified atom stereocenters. The Labute approximate surface area is 92.5 Å². The summed E-state index contributed by atoms with van der Waals surface area (Å²) >= 11 is 0. The Kier molecular flexibility index (Phi) is 3.88. The molecule has 1 aromatic carbocycles. The number of ether oxygens (including phenoxy) is 2. The number of carbonyl (C=O) groups excluding carboxylic acids is 1. The summed E-state index contributed by atoms with van der Waals surface area (Å²) in [4.78, 5) is 10.8. The van der Waals surface area contributed by atoms with Gasteiger partial charge in [-0.2, -0.15) is 4.39 Å². The van der Waals surface area contributed by atoms with Crippen LogP contribution in [0.3, 0.4) is 0 Å². The second kappa shape index (κ2) is 5.16. The molecule has 1 rings (SSSR count). The molecule has 0 heterocycles. The second-order valence-corrected chi connectivity index (χ2v) is 2.98. The molecule has 0 bridgehead atoms. The van der Waals surface area contributed by atoms with Crippen molar-refractivity contribution < 1.29 is 18.7 Å². The van der Waals surface area contributed by atoms with E-state index in [1.807, 2.05) is 0 Å². The average molecular weight is 225 g/mol. The number of benzene rings is 1. The Morgan fingerprint density at radius 3 is 2.62 bits per heavy atom. The Morgan fingerprint density at radius 1 is 1.44 bits per heavy atom. The lowest BCUT2D eigenvalue weighted by Gasteiger charge is -2.04. The molecule has 0 saturated heterocycles. The summed E-state index contributed by atoms with van der Waals surface area (Å²) in [5.41, 5.74) is 6.35. The van der Waals surface area contributed by atoms with Crippen LogP contribution in [0.1, 0.15) is 5.56 Å². The fraction of sp³-hybridized carbons (Fsp3) is 0.182. The van der Waals surface area contributed by atoms with E-state index in [1.165, 1.54) is 13.2 Å². The second-order valence-electron chi connectivity index (χ2n) is 2.98. The van der Waals surface area contributed by atoms with E-state index in [2.05, 4.69) is 4.74 Å². The van der Waals surface area contributed by atoms with Gasteiger partial charge in [0.05, 0.1) is 14.2 Å². The minimum absolute atomic E-state index is 0.318. The van der Waals surface area contributed by atoms with Crippen molar-refractivity contribution in [2.24, 2.45) is 0 Å². The standard InChI is InChI=1S/C11H12FNO3/c1-15-8-4-3-7(10(13)6-8)5-9(12)11(14)16-2/h3-6H,13H2,1-2H3/b9-5-. The molecule has 16 heavy (non-hydrogen) atoms. The smallest absolute Gasteiger partial charge is 0.366 e. The summed E-state index contributed by atoms with van der Waals surface area (Å²) in [6.45, 7) is 0. The van der Waals surface area contributed by atoms with Crippen LogP contribution in [0.15, 0.2) is 24.0 Å². The van der Waals surface area contributed by atoms with Crippen molar-refractivity contribution in [1.29, 1.82) is 0 Å². The largest absolute Gasteiger partial charge is 0.497 e. The van der Waals surface area contributed by atoms with Crippen LogP contribution in [0.25, 0.3) is 6.08 Å². The van der Waals surface area contributed by atoms with E-state index < -0.39 is 11.8 Å². The van der Waals surface area contributed by atoms with E-state index in [4.69, 9.17) is 10.5 Å². The van der Waals surface area contributed by atoms with Crippen LogP contribution >= 0.6 is 0 Å². The van der Waals surface area contributed by atoms with Crippen molar-refractivity contribution in [3.8, 4) is 5.75 Å². The summed E-state index contributed by atoms with van der Waals surface area (Å²) in [5, 5.41) is 0. The molecule has 0 aromatic heterocycles. The molecule has 0 spiro atoms. The monoisotopic (exact) mass is 225 g/mol. The molecule has 0 saturated carbocycles. The lowest BCUT2D eigenvalue weighted by atomic mass is 10.1. The number of anilines is 1. The lowest BCUT2D eigenvalue weighted by molar-refractivity contribution is -0.137. The molecular formula is C11H12FNO3. The summed E-state index contributed by atoms with van der Waals surface area (Å²) in [5.74, 6) is -1.47. The van der Waals surface area contributed by atoms with E-state index in [9.17, 15) is 9.18 Å². The van der Waals surface area contributed by atoms with Gasteiger partial charge < -0.3 is 15.2 Å². The minimum atomic E-state index is -1.03. The Hall–Kier alpha value is -2.04. The molecule has 1 aromatic rings. The number of halogens is 1. The highest BCUT2D eigenvalue weighted by Gasteiger charge is 2.09. The normalized spacial score (nSPS) is 11.1. The fourth-order valence-electron chi connectivity index (χ4n) is 1.10. The van der Waals surface area contributed by atoms with Crippen molar-refractivity contribution >= 4 is 17.7 Å². The minimum Gasteiger partial charge on any atom is -0.497 e. The zero-order valence-corrected chi connectivity index (χ0v) is 8.99. The quantitative estimate of drug-likeness (QED) is 0.483. The number of hydrogen-bond donors (Lipinski definition) is 1. The molecule has 0 aliphatic heterocycles. The SMILES string of the molecule is COC(=O)/C(F)=C/c1ccc(OC)cc1N. The Bertz CT molecular complexity index is 429. The summed E-state index contributed by atoms with van der Waals surface area (Å²) in [7, 11) is 2.60. The number of rotatable bonds is 3. The number of nitrogen functional groups attached to an aromatic ring is 1. The van der Waals surface area contributed by atoms with Crippen LogP contribution < -0.4 is 10.5 Å². The maximum Gasteiger partial charge on any atom is 0.366 e. The third kappa shape index (κ3) is 2.73. The van der Waals surface area contributed by atoms with Crippen LogP contribution in [0.4, 0.5) is 10.1 Å². The van der Waals surface area contributed by atoms with Gasteiger partial charge in [0, 0.05) is 17.3 Å². The van der Waals surface area contributed by atoms with E-state index in [0.29, 0.717) is 17.0 Å². The first-order chi connectivity index (χ1) is 7.58. The highest BCUT2D eigenvalue weighted by Crippen LogP contribution is 2.22. The number of carbonyl (C=O) groups is 1. The van der Waals surface area contributed by atoms with E-state index in [0.717, 1.165) is 13.2 Å². The predicted molar refractivity (Wildman–Crippen MR) is 58.5 cm³/mol. The maximum atomic E-state index is 13.1. The average Bonchev–Trinajstić information content (AvgIpc) is 2.30. The molecule has 0 fully saturated rings. The van der Waals surface area contributed by atoms with Gasteiger partial charge in [-0.25, -0.2) is 4.79 Å². The fourth-order valence-corrected chi connectivity index (χ4v) is 1.10. The van der Waals surface area contributed by atoms with Gasteiger partial charge >= 0.3 is 5.97 Å². The van der Waals surface area contributed by atoms with Gasteiger partial charge in [0.1, 0.15) is 5.75 Å². The molecule has 0 aliphatic rings. The van der Waals surface area contributed by atoms with E-state index in [1.54, 1.807) is 12.1 Å². The third-order valence-corrected chi connectivity index (χ3v) is 1.96. The first-order valence-electron chi connectivity index (χ1n) is 4.47. The molecule has 0 radical (unpaired) electrons. The van der Waals surface area contributed by atoms with Crippen LogP contribution in [-0.4, -0.2) is 20.2 Å². The highest BCUT2D eigenvalue weighted by molar-refractivity contribution is 5.92. The van der Waals surface area contributed by atoms with E-state index in [-0.39, 0.29) is 0 Å². The van der Waals surface area contributed by atoms with Gasteiger partial charge in [-0.3, -0.25) is 0 Å². The van der Waals surface area contributed by atoms with Crippen molar-refractivity contribution in [1.82, 2.24) is 0 Å². The Morgan fingerprint density at radius 2 is 2.12 bits per heavy atom. The van der Waals surface area contributed by atoms with Crippen LogP contribution in [0.2, 0.25) is 0 Å². The van der Waals surface area contributed by atoms with Crippen LogP contribution in [0, 0.1) is 0 Å². The number of nitrogens with two attached hydrogens (primary N) is 1. The first-order valence-corrected chi connectivity index (χ1v) is 4.47. The zero-order valence-electron chi connectivity index (χ0n) is 8.99. The molecular weight excluding hydrogens is 213 g/mol. The maximum absolute atomic E-state index is 13.1. The van der Waals surface area contributed by atoms with Crippen molar-refractivity contribution in [3.63, 3.8) is 0 Å². The van der Waals surface area contributed by atoms with Gasteiger partial charge in [0.2, 0.25) is 5.83 Å². The number of methoxy groups -OCH3 is 2. The van der Waals surface area contributed by atoms with Crippen molar-refractivity contribution in [2.45, 2.75) is 0 Å². The van der Waals surface area contributed by atoms with Crippen LogP contribution in [-0.2, 0) is 9.53 Å². The summed E-state index contributed by atoms with van der Waals surface area (Å²) < 4.78 is 22.3. The summed E-state index contributed by atoms with van der Waals surface area (Å²) in [6, 6.07) is 4.71. The van der Waals surface area contributed by atoms with Gasteiger partial charge in [0.25, 0.3) is 0 Å². The number of esters is 1. The van der Waals surface area contributed by atoms with Gasteiger partial charge in [-0.05, 0) is 18.2 Å². The first kappa shape index (κ1) is 12.0. The molecule has 0 amide bonds. The van der Waals surface area contributed by atoms with E-state index >= 15 is 0 Å². The molecule has 2 N–H and O–H groups in total. The number of hydrogen-bond acceptors (Lipinski definition) is 4. The highest BCUT2D eigenvalue weighted by atomic mass is 19.1. The van der Waals surface area contributed by atoms with Crippen molar-refractivity contribution in [2.75, 3.05) is 20.0 Å². The molecule has 0 atom stereocenters. The van der Waals surface area contributed by atoms with Gasteiger partial charge in [-0.1, -0.05) is 0 Å². The van der Waals surface area contributed by atoms with Crippen LogP contribution in [0.5, 0.6) is 5.75 Å². The van der Waals surface area contributed by atoms with Gasteiger partial charge in [-0.15, -0.1) is 0 Å². The van der Waals surface area contributed by atoms with Crippen molar-refractivity contribution in [3.05, 3.63) is 29.6 Å². The molecule has 5 heteroatoms. The molecule has 4 nitrogen and oxygen atoms in total. The zero-order chi connectivity index (χ0) is 12.1. The summed E-state index contributed by atoms with van der Waals surface area (Å²) in [6.07, 6.45) is 1.01. The predicted octanol–water partition coefficient (Wildman–Crippen LogP) is 1.76. The lowest BCUT2D eigenvalue weighted by Crippen LogP contribution is -2.00. The topological polar surface area (TPSA) is 61.5 Å². The molecule has 86 valence electrons. The van der Waals surface area contributed by atoms with Gasteiger partial charge in [0.15, 0.2) is 0 Å². The third-order valence-electron chi connectivity index (χ3n) is 1.96.